The number of rotatable bonds is 3. The lowest BCUT2D eigenvalue weighted by atomic mass is 9.80. The molecule has 0 bridgehead atoms. The first-order valence-electron chi connectivity index (χ1n) is 5.84. The van der Waals surface area contributed by atoms with E-state index in [-0.39, 0.29) is 5.41 Å². The van der Waals surface area contributed by atoms with Crippen molar-refractivity contribution in [1.29, 1.82) is 0 Å². The maximum atomic E-state index is 4.35. The Morgan fingerprint density at radius 1 is 1.25 bits per heavy atom. The monoisotopic (exact) mass is 214 g/mol. The number of hydrogen-bond acceptors (Lipinski definition) is 2. The lowest BCUT2D eigenvalue weighted by molar-refractivity contribution is 0.475. The van der Waals surface area contributed by atoms with Gasteiger partial charge in [-0.05, 0) is 23.5 Å². The van der Waals surface area contributed by atoms with Crippen LogP contribution in [-0.4, -0.2) is 9.97 Å². The summed E-state index contributed by atoms with van der Waals surface area (Å²) >= 11 is 0. The third-order valence-corrected chi connectivity index (χ3v) is 3.13. The smallest absolute Gasteiger partial charge is 0.0888 e. The first-order valence-corrected chi connectivity index (χ1v) is 5.84. The summed E-state index contributed by atoms with van der Waals surface area (Å²) in [4.78, 5) is 8.65. The van der Waals surface area contributed by atoms with Crippen molar-refractivity contribution in [1.82, 2.24) is 9.97 Å². The lowest BCUT2D eigenvalue weighted by Gasteiger charge is -2.25. The molecule has 2 heteroatoms. The van der Waals surface area contributed by atoms with Crippen molar-refractivity contribution < 1.29 is 0 Å². The molecule has 2 nitrogen and oxygen atoms in total. The number of nitrogens with zero attached hydrogens (tertiary/aromatic N) is 2. The van der Waals surface area contributed by atoms with Gasteiger partial charge in [0, 0.05) is 17.8 Å². The van der Waals surface area contributed by atoms with E-state index in [0.29, 0.717) is 0 Å². The van der Waals surface area contributed by atoms with Crippen LogP contribution in [0.1, 0.15) is 39.2 Å². The third-order valence-electron chi connectivity index (χ3n) is 3.13. The molecule has 2 aromatic heterocycles. The zero-order valence-corrected chi connectivity index (χ0v) is 10.2. The average molecular weight is 214 g/mol. The van der Waals surface area contributed by atoms with E-state index in [1.54, 1.807) is 0 Å². The van der Waals surface area contributed by atoms with Crippen LogP contribution in [0.25, 0.3) is 10.9 Å². The molecule has 0 spiro atoms. The van der Waals surface area contributed by atoms with Gasteiger partial charge in [-0.3, -0.25) is 9.97 Å². The molecule has 0 N–H and O–H groups in total. The summed E-state index contributed by atoms with van der Waals surface area (Å²) in [5, 5.41) is 1.23. The van der Waals surface area contributed by atoms with E-state index in [9.17, 15) is 0 Å². The molecule has 0 fully saturated rings. The van der Waals surface area contributed by atoms with Gasteiger partial charge in [0.2, 0.25) is 0 Å². The van der Waals surface area contributed by atoms with Crippen LogP contribution in [0, 0.1) is 0 Å². The van der Waals surface area contributed by atoms with Crippen LogP contribution in [-0.2, 0) is 5.41 Å². The molecule has 0 saturated carbocycles. The van der Waals surface area contributed by atoms with E-state index in [1.165, 1.54) is 23.8 Å². The predicted octanol–water partition coefficient (Wildman–Crippen LogP) is 3.71. The first-order chi connectivity index (χ1) is 7.65. The second-order valence-corrected chi connectivity index (χ2v) is 4.89. The van der Waals surface area contributed by atoms with E-state index >= 15 is 0 Å². The van der Waals surface area contributed by atoms with Crippen molar-refractivity contribution in [2.75, 3.05) is 0 Å². The molecule has 0 aromatic carbocycles. The Bertz CT molecular complexity index is 484. The van der Waals surface area contributed by atoms with Crippen LogP contribution in [0.5, 0.6) is 0 Å². The fourth-order valence-electron chi connectivity index (χ4n) is 2.30. The fraction of sp³-hybridized carbons (Fsp3) is 0.429. The number of hydrogen-bond donors (Lipinski definition) is 0. The zero-order valence-electron chi connectivity index (χ0n) is 10.2. The quantitative estimate of drug-likeness (QED) is 0.778. The second kappa shape index (κ2) is 4.20. The van der Waals surface area contributed by atoms with Gasteiger partial charge >= 0.3 is 0 Å². The molecule has 2 aromatic rings. The Morgan fingerprint density at radius 2 is 2.06 bits per heavy atom. The lowest BCUT2D eigenvalue weighted by Crippen LogP contribution is -2.17. The maximum absolute atomic E-state index is 4.35. The van der Waals surface area contributed by atoms with Crippen molar-refractivity contribution in [3.05, 3.63) is 36.3 Å². The van der Waals surface area contributed by atoms with Crippen molar-refractivity contribution in [3.8, 4) is 0 Å². The van der Waals surface area contributed by atoms with Crippen molar-refractivity contribution in [3.63, 3.8) is 0 Å². The van der Waals surface area contributed by atoms with Crippen molar-refractivity contribution in [2.45, 2.75) is 39.0 Å². The molecular formula is C14H18N2. The van der Waals surface area contributed by atoms with Crippen LogP contribution >= 0.6 is 0 Å². The van der Waals surface area contributed by atoms with Gasteiger partial charge in [0.05, 0.1) is 11.7 Å². The molecular weight excluding hydrogens is 196 g/mol. The van der Waals surface area contributed by atoms with Gasteiger partial charge < -0.3 is 0 Å². The van der Waals surface area contributed by atoms with Gasteiger partial charge in [-0.2, -0.15) is 0 Å². The number of fused-ring (bicyclic) bond motifs is 1. The third kappa shape index (κ3) is 1.92. The van der Waals surface area contributed by atoms with Crippen LogP contribution < -0.4 is 0 Å². The van der Waals surface area contributed by atoms with Gasteiger partial charge in [0.15, 0.2) is 0 Å². The molecule has 0 atom stereocenters. The van der Waals surface area contributed by atoms with E-state index in [4.69, 9.17) is 0 Å². The molecule has 0 saturated heterocycles. The van der Waals surface area contributed by atoms with E-state index in [2.05, 4.69) is 36.8 Å². The maximum Gasteiger partial charge on any atom is 0.0888 e. The molecule has 0 aliphatic carbocycles. The highest BCUT2D eigenvalue weighted by atomic mass is 14.7. The summed E-state index contributed by atoms with van der Waals surface area (Å²) in [6, 6.07) is 4.13. The Morgan fingerprint density at radius 3 is 2.81 bits per heavy atom. The summed E-state index contributed by atoms with van der Waals surface area (Å²) in [6.45, 7) is 6.78. The minimum Gasteiger partial charge on any atom is -0.262 e. The SMILES string of the molecule is CCCC(C)(C)c1cncc2ncccc12. The standard InChI is InChI=1S/C14H18N2/c1-4-7-14(2,3)12-9-15-10-13-11(12)6-5-8-16-13/h5-6,8-10H,4,7H2,1-3H3. The minimum atomic E-state index is 0.171. The Balaban J connectivity index is 2.60. The molecule has 16 heavy (non-hydrogen) atoms. The fourth-order valence-corrected chi connectivity index (χ4v) is 2.30. The summed E-state index contributed by atoms with van der Waals surface area (Å²) in [5.41, 5.74) is 2.47. The molecule has 0 aliphatic heterocycles. The van der Waals surface area contributed by atoms with E-state index < -0.39 is 0 Å². The largest absolute Gasteiger partial charge is 0.262 e. The molecule has 84 valence electrons. The Hall–Kier alpha value is -1.44. The van der Waals surface area contributed by atoms with Crippen LogP contribution in [0.4, 0.5) is 0 Å². The second-order valence-electron chi connectivity index (χ2n) is 4.89. The molecule has 0 amide bonds. The summed E-state index contributed by atoms with van der Waals surface area (Å²) in [7, 11) is 0. The predicted molar refractivity (Wildman–Crippen MR) is 67.5 cm³/mol. The Kier molecular flexibility index (Phi) is 2.90. The summed E-state index contributed by atoms with van der Waals surface area (Å²) in [5.74, 6) is 0. The molecule has 0 radical (unpaired) electrons. The van der Waals surface area contributed by atoms with Gasteiger partial charge in [-0.1, -0.05) is 33.3 Å². The van der Waals surface area contributed by atoms with Gasteiger partial charge in [0.1, 0.15) is 0 Å². The molecule has 2 heterocycles. The van der Waals surface area contributed by atoms with Crippen molar-refractivity contribution >= 4 is 10.9 Å². The van der Waals surface area contributed by atoms with Crippen LogP contribution in [0.2, 0.25) is 0 Å². The summed E-state index contributed by atoms with van der Waals surface area (Å²) < 4.78 is 0. The highest BCUT2D eigenvalue weighted by Crippen LogP contribution is 2.32. The van der Waals surface area contributed by atoms with E-state index in [1.807, 2.05) is 24.7 Å². The Labute approximate surface area is 96.7 Å². The first kappa shape index (κ1) is 11.1. The zero-order chi connectivity index (χ0) is 11.6. The van der Waals surface area contributed by atoms with Gasteiger partial charge in [-0.15, -0.1) is 0 Å². The molecule has 2 rings (SSSR count). The topological polar surface area (TPSA) is 25.8 Å². The molecule has 0 aliphatic rings. The summed E-state index contributed by atoms with van der Waals surface area (Å²) in [6.07, 6.45) is 7.99. The van der Waals surface area contributed by atoms with Gasteiger partial charge in [0.25, 0.3) is 0 Å². The highest BCUT2D eigenvalue weighted by Gasteiger charge is 2.22. The van der Waals surface area contributed by atoms with Crippen LogP contribution in [0.3, 0.4) is 0 Å². The number of pyridine rings is 2. The number of aromatic nitrogens is 2. The van der Waals surface area contributed by atoms with E-state index in [0.717, 1.165) is 5.52 Å². The molecule has 0 unspecified atom stereocenters. The van der Waals surface area contributed by atoms with Crippen LogP contribution in [0.15, 0.2) is 30.7 Å². The normalized spacial score (nSPS) is 11.9. The highest BCUT2D eigenvalue weighted by molar-refractivity contribution is 5.81. The van der Waals surface area contributed by atoms with Crippen molar-refractivity contribution in [2.24, 2.45) is 0 Å². The minimum absolute atomic E-state index is 0.171. The van der Waals surface area contributed by atoms with Gasteiger partial charge in [-0.25, -0.2) is 0 Å². The average Bonchev–Trinajstić information content (AvgIpc) is 2.28.